The molecular formula is C15H12N4O2. The van der Waals surface area contributed by atoms with Crippen LogP contribution in [0, 0.1) is 0 Å². The topological polar surface area (TPSA) is 82.3 Å². The molecule has 1 aliphatic heterocycles. The Balaban J connectivity index is 1.95. The summed E-state index contributed by atoms with van der Waals surface area (Å²) in [5.74, 6) is 7.51. The fourth-order valence-corrected chi connectivity index (χ4v) is 2.47. The monoisotopic (exact) mass is 280 g/mol. The van der Waals surface area contributed by atoms with Crippen molar-refractivity contribution in [2.75, 3.05) is 12.2 Å². The number of ether oxygens (including phenoxy) is 2. The van der Waals surface area contributed by atoms with E-state index in [1.54, 1.807) is 0 Å². The highest BCUT2D eigenvalue weighted by atomic mass is 16.7. The van der Waals surface area contributed by atoms with Gasteiger partial charge in [0.2, 0.25) is 6.79 Å². The Morgan fingerprint density at radius 3 is 2.62 bits per heavy atom. The molecule has 0 atom stereocenters. The van der Waals surface area contributed by atoms with Gasteiger partial charge in [0, 0.05) is 16.3 Å². The summed E-state index contributed by atoms with van der Waals surface area (Å²) < 4.78 is 10.7. The van der Waals surface area contributed by atoms with Crippen LogP contribution in [0.25, 0.3) is 22.0 Å². The smallest absolute Gasteiger partial charge is 0.231 e. The van der Waals surface area contributed by atoms with E-state index in [1.165, 1.54) is 0 Å². The number of hydrogen-bond acceptors (Lipinski definition) is 6. The molecule has 104 valence electrons. The minimum atomic E-state index is 0.251. The maximum atomic E-state index is 5.49. The molecule has 2 heterocycles. The van der Waals surface area contributed by atoms with Gasteiger partial charge in [0.15, 0.2) is 17.3 Å². The van der Waals surface area contributed by atoms with Crippen molar-refractivity contribution in [1.29, 1.82) is 0 Å². The van der Waals surface area contributed by atoms with Crippen LogP contribution < -0.4 is 20.7 Å². The summed E-state index contributed by atoms with van der Waals surface area (Å²) >= 11 is 0. The average molecular weight is 280 g/mol. The first kappa shape index (κ1) is 11.9. The van der Waals surface area contributed by atoms with E-state index >= 15 is 0 Å². The SMILES string of the molecule is NNc1nnc(-c2ccc3c(c2)OCO3)c2ccccc12. The molecule has 1 aliphatic rings. The minimum Gasteiger partial charge on any atom is -0.454 e. The number of aromatic nitrogens is 2. The lowest BCUT2D eigenvalue weighted by atomic mass is 10.0. The molecule has 0 unspecified atom stereocenters. The zero-order valence-electron chi connectivity index (χ0n) is 11.0. The second-order valence-electron chi connectivity index (χ2n) is 4.66. The van der Waals surface area contributed by atoms with Crippen molar-refractivity contribution in [2.45, 2.75) is 0 Å². The van der Waals surface area contributed by atoms with Gasteiger partial charge in [0.1, 0.15) is 5.69 Å². The molecule has 3 N–H and O–H groups in total. The summed E-state index contributed by atoms with van der Waals surface area (Å²) in [5, 5.41) is 10.3. The molecule has 0 aliphatic carbocycles. The molecule has 1 aromatic heterocycles. The maximum Gasteiger partial charge on any atom is 0.231 e. The third kappa shape index (κ3) is 1.85. The zero-order valence-corrected chi connectivity index (χ0v) is 11.0. The van der Waals surface area contributed by atoms with Gasteiger partial charge in [0.05, 0.1) is 0 Å². The normalized spacial score (nSPS) is 12.6. The number of nitrogens with one attached hydrogen (secondary N) is 1. The van der Waals surface area contributed by atoms with Crippen molar-refractivity contribution in [3.63, 3.8) is 0 Å². The second kappa shape index (κ2) is 4.60. The van der Waals surface area contributed by atoms with Crippen molar-refractivity contribution >= 4 is 16.6 Å². The first-order valence-corrected chi connectivity index (χ1v) is 6.49. The number of hydrazine groups is 1. The van der Waals surface area contributed by atoms with Gasteiger partial charge >= 0.3 is 0 Å². The highest BCUT2D eigenvalue weighted by molar-refractivity contribution is 6.00. The Bertz CT molecular complexity index is 835. The van der Waals surface area contributed by atoms with Crippen LogP contribution >= 0.6 is 0 Å². The highest BCUT2D eigenvalue weighted by Gasteiger charge is 2.16. The Labute approximate surface area is 120 Å². The van der Waals surface area contributed by atoms with Crippen molar-refractivity contribution in [2.24, 2.45) is 5.84 Å². The molecule has 3 aromatic rings. The van der Waals surface area contributed by atoms with E-state index in [0.29, 0.717) is 5.82 Å². The first-order valence-electron chi connectivity index (χ1n) is 6.49. The lowest BCUT2D eigenvalue weighted by molar-refractivity contribution is 0.174. The predicted octanol–water partition coefficient (Wildman–Crippen LogP) is 2.31. The zero-order chi connectivity index (χ0) is 14.2. The number of nitrogens with zero attached hydrogens (tertiary/aromatic N) is 2. The van der Waals surface area contributed by atoms with Gasteiger partial charge in [-0.1, -0.05) is 24.3 Å². The molecule has 0 saturated carbocycles. The average Bonchev–Trinajstić information content (AvgIpc) is 3.01. The fourth-order valence-electron chi connectivity index (χ4n) is 2.47. The van der Waals surface area contributed by atoms with Gasteiger partial charge in [-0.3, -0.25) is 0 Å². The van der Waals surface area contributed by atoms with Crippen molar-refractivity contribution < 1.29 is 9.47 Å². The first-order chi connectivity index (χ1) is 10.4. The van der Waals surface area contributed by atoms with Crippen molar-refractivity contribution in [1.82, 2.24) is 10.2 Å². The number of benzene rings is 2. The van der Waals surface area contributed by atoms with E-state index in [0.717, 1.165) is 33.5 Å². The molecule has 0 bridgehead atoms. The van der Waals surface area contributed by atoms with Crippen LogP contribution in [0.4, 0.5) is 5.82 Å². The molecule has 0 radical (unpaired) electrons. The lowest BCUT2D eigenvalue weighted by Gasteiger charge is -2.09. The van der Waals surface area contributed by atoms with E-state index in [9.17, 15) is 0 Å². The Kier molecular flexibility index (Phi) is 2.61. The summed E-state index contributed by atoms with van der Waals surface area (Å²) in [5.41, 5.74) is 4.28. The van der Waals surface area contributed by atoms with Gasteiger partial charge in [-0.05, 0) is 18.2 Å². The largest absolute Gasteiger partial charge is 0.454 e. The maximum absolute atomic E-state index is 5.49. The number of rotatable bonds is 2. The molecule has 6 nitrogen and oxygen atoms in total. The number of hydrogen-bond donors (Lipinski definition) is 2. The van der Waals surface area contributed by atoms with Crippen LogP contribution in [0.1, 0.15) is 0 Å². The van der Waals surface area contributed by atoms with Crippen LogP contribution in [-0.4, -0.2) is 17.0 Å². The van der Waals surface area contributed by atoms with Crippen LogP contribution in [-0.2, 0) is 0 Å². The molecule has 0 saturated heterocycles. The predicted molar refractivity (Wildman–Crippen MR) is 78.9 cm³/mol. The second-order valence-corrected chi connectivity index (χ2v) is 4.66. The summed E-state index contributed by atoms with van der Waals surface area (Å²) in [6.45, 7) is 0.251. The van der Waals surface area contributed by atoms with Crippen LogP contribution in [0.5, 0.6) is 11.5 Å². The number of nitrogens with two attached hydrogens (primary N) is 1. The lowest BCUT2D eigenvalue weighted by Crippen LogP contribution is -2.10. The van der Waals surface area contributed by atoms with Gasteiger partial charge in [0.25, 0.3) is 0 Å². The standard InChI is InChI=1S/C15H12N4O2/c16-17-15-11-4-2-1-3-10(11)14(18-19-15)9-5-6-12-13(7-9)21-8-20-12/h1-7H,8,16H2,(H,17,19). The summed E-state index contributed by atoms with van der Waals surface area (Å²) in [6, 6.07) is 13.6. The van der Waals surface area contributed by atoms with E-state index in [2.05, 4.69) is 15.6 Å². The molecule has 21 heavy (non-hydrogen) atoms. The number of nitrogen functional groups attached to an aromatic ring is 1. The molecule has 0 amide bonds. The molecule has 4 rings (SSSR count). The Morgan fingerprint density at radius 2 is 1.76 bits per heavy atom. The third-order valence-corrected chi connectivity index (χ3v) is 3.47. The fraction of sp³-hybridized carbons (Fsp3) is 0.0667. The number of fused-ring (bicyclic) bond motifs is 2. The highest BCUT2D eigenvalue weighted by Crippen LogP contribution is 2.37. The Hall–Kier alpha value is -2.86. The van der Waals surface area contributed by atoms with Crippen LogP contribution in [0.3, 0.4) is 0 Å². The van der Waals surface area contributed by atoms with E-state index < -0.39 is 0 Å². The molecule has 2 aromatic carbocycles. The van der Waals surface area contributed by atoms with E-state index in [4.69, 9.17) is 15.3 Å². The molecule has 0 spiro atoms. The quantitative estimate of drug-likeness (QED) is 0.553. The summed E-state index contributed by atoms with van der Waals surface area (Å²) in [7, 11) is 0. The van der Waals surface area contributed by atoms with Crippen molar-refractivity contribution in [3.05, 3.63) is 42.5 Å². The van der Waals surface area contributed by atoms with Gasteiger partial charge in [-0.15, -0.1) is 10.2 Å². The summed E-state index contributed by atoms with van der Waals surface area (Å²) in [4.78, 5) is 0. The Morgan fingerprint density at radius 1 is 0.952 bits per heavy atom. The van der Waals surface area contributed by atoms with Crippen molar-refractivity contribution in [3.8, 4) is 22.8 Å². The van der Waals surface area contributed by atoms with Crippen LogP contribution in [0.15, 0.2) is 42.5 Å². The van der Waals surface area contributed by atoms with Crippen LogP contribution in [0.2, 0.25) is 0 Å². The molecular weight excluding hydrogens is 268 g/mol. The summed E-state index contributed by atoms with van der Waals surface area (Å²) in [6.07, 6.45) is 0. The van der Waals surface area contributed by atoms with Gasteiger partial charge in [-0.2, -0.15) is 0 Å². The van der Waals surface area contributed by atoms with Gasteiger partial charge in [-0.25, -0.2) is 5.84 Å². The number of anilines is 1. The van der Waals surface area contributed by atoms with E-state index in [1.807, 2.05) is 42.5 Å². The third-order valence-electron chi connectivity index (χ3n) is 3.47. The minimum absolute atomic E-state index is 0.251. The molecule has 0 fully saturated rings. The molecule has 6 heteroatoms. The van der Waals surface area contributed by atoms with E-state index in [-0.39, 0.29) is 6.79 Å². The van der Waals surface area contributed by atoms with Gasteiger partial charge < -0.3 is 14.9 Å².